The van der Waals surface area contributed by atoms with Gasteiger partial charge in [-0.2, -0.15) is 0 Å². The molecule has 0 spiro atoms. The summed E-state index contributed by atoms with van der Waals surface area (Å²) in [5, 5.41) is 0. The zero-order valence-corrected chi connectivity index (χ0v) is 10.5. The highest BCUT2D eigenvalue weighted by Crippen LogP contribution is 2.30. The molecule has 0 bridgehead atoms. The Morgan fingerprint density at radius 3 is 2.12 bits per heavy atom. The van der Waals surface area contributed by atoms with Crippen LogP contribution < -0.4 is 15.2 Å². The van der Waals surface area contributed by atoms with Crippen molar-refractivity contribution in [1.29, 1.82) is 0 Å². The second-order valence-corrected chi connectivity index (χ2v) is 4.01. The zero-order valence-electron chi connectivity index (χ0n) is 10.5. The van der Waals surface area contributed by atoms with E-state index in [1.807, 2.05) is 13.0 Å². The van der Waals surface area contributed by atoms with Crippen molar-refractivity contribution >= 4 is 0 Å². The van der Waals surface area contributed by atoms with Crippen LogP contribution in [0.4, 0.5) is 0 Å². The van der Waals surface area contributed by atoms with Gasteiger partial charge in [0.05, 0.1) is 14.2 Å². The van der Waals surface area contributed by atoms with Gasteiger partial charge < -0.3 is 15.2 Å². The zero-order chi connectivity index (χ0) is 12.1. The number of rotatable bonds is 5. The lowest BCUT2D eigenvalue weighted by Crippen LogP contribution is -2.18. The monoisotopic (exact) mass is 223 g/mol. The summed E-state index contributed by atoms with van der Waals surface area (Å²) in [6.07, 6.45) is 1.76. The van der Waals surface area contributed by atoms with Crippen LogP contribution in [0.15, 0.2) is 12.1 Å². The van der Waals surface area contributed by atoms with Gasteiger partial charge in [0.15, 0.2) is 0 Å². The minimum Gasteiger partial charge on any atom is -0.496 e. The summed E-state index contributed by atoms with van der Waals surface area (Å²) < 4.78 is 10.7. The molecule has 0 saturated carbocycles. The van der Waals surface area contributed by atoms with Crippen molar-refractivity contribution in [2.45, 2.75) is 32.7 Å². The van der Waals surface area contributed by atoms with Gasteiger partial charge in [-0.3, -0.25) is 0 Å². The Morgan fingerprint density at radius 2 is 1.69 bits per heavy atom. The molecule has 1 unspecified atom stereocenters. The number of hydrogen-bond donors (Lipinski definition) is 1. The van der Waals surface area contributed by atoms with Crippen LogP contribution in [0.25, 0.3) is 0 Å². The van der Waals surface area contributed by atoms with Crippen molar-refractivity contribution < 1.29 is 9.47 Å². The van der Waals surface area contributed by atoms with Crippen molar-refractivity contribution in [1.82, 2.24) is 0 Å². The average molecular weight is 223 g/mol. The minimum absolute atomic E-state index is 0.131. The van der Waals surface area contributed by atoms with Crippen LogP contribution in [0.3, 0.4) is 0 Å². The predicted octanol–water partition coefficient (Wildman–Crippen LogP) is 2.16. The molecule has 1 aromatic carbocycles. The number of aryl methyl sites for hydroxylation is 1. The van der Waals surface area contributed by atoms with E-state index in [4.69, 9.17) is 15.2 Å². The highest BCUT2D eigenvalue weighted by molar-refractivity contribution is 5.47. The third-order valence-corrected chi connectivity index (χ3v) is 2.61. The Bertz CT molecular complexity index is 348. The van der Waals surface area contributed by atoms with Crippen LogP contribution in [0, 0.1) is 0 Å². The van der Waals surface area contributed by atoms with E-state index in [-0.39, 0.29) is 6.04 Å². The molecule has 0 amide bonds. The first-order chi connectivity index (χ1) is 7.62. The highest BCUT2D eigenvalue weighted by atomic mass is 16.5. The topological polar surface area (TPSA) is 44.5 Å². The van der Waals surface area contributed by atoms with Gasteiger partial charge >= 0.3 is 0 Å². The Morgan fingerprint density at radius 1 is 1.12 bits per heavy atom. The number of methoxy groups -OCH3 is 2. The van der Waals surface area contributed by atoms with Crippen molar-refractivity contribution in [2.24, 2.45) is 5.73 Å². The van der Waals surface area contributed by atoms with E-state index in [1.54, 1.807) is 14.2 Å². The van der Waals surface area contributed by atoms with Gasteiger partial charge in [-0.25, -0.2) is 0 Å². The van der Waals surface area contributed by atoms with Gasteiger partial charge in [-0.05, 0) is 37.0 Å². The quantitative estimate of drug-likeness (QED) is 0.832. The second kappa shape index (κ2) is 5.75. The fourth-order valence-electron chi connectivity index (χ4n) is 1.82. The normalized spacial score (nSPS) is 12.3. The van der Waals surface area contributed by atoms with Gasteiger partial charge in [0.2, 0.25) is 0 Å². The molecule has 2 N–H and O–H groups in total. The summed E-state index contributed by atoms with van der Waals surface area (Å²) in [6, 6.07) is 4.20. The predicted molar refractivity (Wildman–Crippen MR) is 66.3 cm³/mol. The molecule has 0 aliphatic carbocycles. The van der Waals surface area contributed by atoms with E-state index in [0.717, 1.165) is 29.9 Å². The van der Waals surface area contributed by atoms with E-state index in [1.165, 1.54) is 5.56 Å². The van der Waals surface area contributed by atoms with Crippen LogP contribution in [-0.4, -0.2) is 20.3 Å². The Balaban J connectivity index is 3.15. The molecule has 0 fully saturated rings. The van der Waals surface area contributed by atoms with Crippen molar-refractivity contribution in [2.75, 3.05) is 14.2 Å². The second-order valence-electron chi connectivity index (χ2n) is 4.01. The SMILES string of the molecule is CCc1cc(CC(C)N)c(OC)cc1OC. The molecule has 0 aromatic heterocycles. The first-order valence-corrected chi connectivity index (χ1v) is 5.61. The Kier molecular flexibility index (Phi) is 4.62. The summed E-state index contributed by atoms with van der Waals surface area (Å²) in [4.78, 5) is 0. The van der Waals surface area contributed by atoms with E-state index < -0.39 is 0 Å². The largest absolute Gasteiger partial charge is 0.496 e. The van der Waals surface area contributed by atoms with Crippen molar-refractivity contribution in [3.05, 3.63) is 23.3 Å². The molecule has 0 saturated heterocycles. The molecule has 0 aliphatic heterocycles. The molecule has 0 aliphatic rings. The fourth-order valence-corrected chi connectivity index (χ4v) is 1.82. The minimum atomic E-state index is 0.131. The van der Waals surface area contributed by atoms with Crippen molar-refractivity contribution in [3.8, 4) is 11.5 Å². The van der Waals surface area contributed by atoms with Crippen LogP contribution in [0.5, 0.6) is 11.5 Å². The summed E-state index contributed by atoms with van der Waals surface area (Å²) in [7, 11) is 3.35. The number of hydrogen-bond acceptors (Lipinski definition) is 3. The molecular weight excluding hydrogens is 202 g/mol. The third kappa shape index (κ3) is 2.89. The molecule has 0 radical (unpaired) electrons. The number of nitrogens with two attached hydrogens (primary N) is 1. The van der Waals surface area contributed by atoms with Crippen LogP contribution in [0.1, 0.15) is 25.0 Å². The van der Waals surface area contributed by atoms with Gasteiger partial charge in [0.1, 0.15) is 11.5 Å². The van der Waals surface area contributed by atoms with E-state index in [2.05, 4.69) is 13.0 Å². The van der Waals surface area contributed by atoms with Gasteiger partial charge in [0, 0.05) is 12.1 Å². The van der Waals surface area contributed by atoms with Gasteiger partial charge in [-0.1, -0.05) is 6.92 Å². The molecule has 90 valence electrons. The lowest BCUT2D eigenvalue weighted by molar-refractivity contribution is 0.387. The van der Waals surface area contributed by atoms with Crippen molar-refractivity contribution in [3.63, 3.8) is 0 Å². The molecule has 1 atom stereocenters. The summed E-state index contributed by atoms with van der Waals surface area (Å²) >= 11 is 0. The Labute approximate surface area is 97.6 Å². The number of benzene rings is 1. The van der Waals surface area contributed by atoms with Crippen LogP contribution in [-0.2, 0) is 12.8 Å². The van der Waals surface area contributed by atoms with E-state index >= 15 is 0 Å². The molecule has 16 heavy (non-hydrogen) atoms. The molecule has 0 heterocycles. The first kappa shape index (κ1) is 12.8. The number of ether oxygens (including phenoxy) is 2. The molecular formula is C13H21NO2. The first-order valence-electron chi connectivity index (χ1n) is 5.61. The maximum absolute atomic E-state index is 5.82. The van der Waals surface area contributed by atoms with E-state index in [9.17, 15) is 0 Å². The maximum atomic E-state index is 5.82. The smallest absolute Gasteiger partial charge is 0.125 e. The molecule has 3 heteroatoms. The highest BCUT2D eigenvalue weighted by Gasteiger charge is 2.11. The fraction of sp³-hybridized carbons (Fsp3) is 0.538. The summed E-state index contributed by atoms with van der Waals surface area (Å²) in [5.74, 6) is 1.74. The molecule has 1 rings (SSSR count). The van der Waals surface area contributed by atoms with Crippen LogP contribution in [0.2, 0.25) is 0 Å². The van der Waals surface area contributed by atoms with Crippen LogP contribution >= 0.6 is 0 Å². The standard InChI is InChI=1S/C13H21NO2/c1-5-10-7-11(6-9(2)14)13(16-4)8-12(10)15-3/h7-9H,5-6,14H2,1-4H3. The van der Waals surface area contributed by atoms with Gasteiger partial charge in [-0.15, -0.1) is 0 Å². The van der Waals surface area contributed by atoms with Gasteiger partial charge in [0.25, 0.3) is 0 Å². The maximum Gasteiger partial charge on any atom is 0.125 e. The molecule has 3 nitrogen and oxygen atoms in total. The molecule has 1 aromatic rings. The Hall–Kier alpha value is -1.22. The lowest BCUT2D eigenvalue weighted by atomic mass is 10.0. The third-order valence-electron chi connectivity index (χ3n) is 2.61. The summed E-state index contributed by atoms with van der Waals surface area (Å²) in [6.45, 7) is 4.11. The average Bonchev–Trinajstić information content (AvgIpc) is 2.27. The van der Waals surface area contributed by atoms with E-state index in [0.29, 0.717) is 0 Å². The lowest BCUT2D eigenvalue weighted by Gasteiger charge is -2.15. The summed E-state index contributed by atoms with van der Waals surface area (Å²) in [5.41, 5.74) is 8.17.